The van der Waals surface area contributed by atoms with E-state index in [2.05, 4.69) is 141 Å². The number of carbonyl (C=O) groups excluding carboxylic acids is 1. The first-order valence-corrected chi connectivity index (χ1v) is 28.4. The van der Waals surface area contributed by atoms with E-state index in [-0.39, 0.29) is 18.9 Å². The van der Waals surface area contributed by atoms with Crippen LogP contribution in [0.15, 0.2) is 134 Å². The number of unbranched alkanes of at least 4 members (excludes halogenated alkanes) is 9. The lowest BCUT2D eigenvalue weighted by molar-refractivity contribution is -0.359. The maximum absolute atomic E-state index is 13.2. The lowest BCUT2D eigenvalue weighted by atomic mass is 9.97. The van der Waals surface area contributed by atoms with Crippen LogP contribution in [-0.4, -0.2) is 140 Å². The largest absolute Gasteiger partial charge is 0.394 e. The first-order chi connectivity index (χ1) is 37.1. The topological polar surface area (TPSA) is 228 Å². The van der Waals surface area contributed by atoms with E-state index in [4.69, 9.17) is 18.9 Å². The lowest BCUT2D eigenvalue weighted by Gasteiger charge is -2.46. The molecular formula is C62H99NO13. The molecule has 2 saturated heterocycles. The zero-order valence-electron chi connectivity index (χ0n) is 45.9. The van der Waals surface area contributed by atoms with Crippen LogP contribution in [0.4, 0.5) is 0 Å². The summed E-state index contributed by atoms with van der Waals surface area (Å²) < 4.78 is 22.7. The predicted octanol–water partition coefficient (Wildman–Crippen LogP) is 9.21. The highest BCUT2D eigenvalue weighted by molar-refractivity contribution is 5.76. The maximum atomic E-state index is 13.2. The van der Waals surface area contributed by atoms with Crippen molar-refractivity contribution in [2.75, 3.05) is 19.8 Å². The highest BCUT2D eigenvalue weighted by Crippen LogP contribution is 2.30. The molecule has 0 bridgehead atoms. The van der Waals surface area contributed by atoms with Crippen molar-refractivity contribution < 1.29 is 64.6 Å². The van der Waals surface area contributed by atoms with E-state index in [1.54, 1.807) is 6.08 Å². The molecule has 2 aliphatic heterocycles. The van der Waals surface area contributed by atoms with Crippen molar-refractivity contribution in [3.8, 4) is 0 Å². The molecule has 14 heteroatoms. The Labute approximate surface area is 456 Å². The summed E-state index contributed by atoms with van der Waals surface area (Å²) in [7, 11) is 0. The van der Waals surface area contributed by atoms with E-state index in [1.165, 1.54) is 25.7 Å². The Morgan fingerprint density at radius 3 is 1.43 bits per heavy atom. The molecule has 12 atom stereocenters. The molecule has 0 radical (unpaired) electrons. The number of hydrogen-bond donors (Lipinski definition) is 9. The van der Waals surface area contributed by atoms with Gasteiger partial charge in [-0.3, -0.25) is 4.79 Å². The molecule has 430 valence electrons. The number of rotatable bonds is 42. The Bertz CT molecular complexity index is 1780. The van der Waals surface area contributed by atoms with Gasteiger partial charge in [0.15, 0.2) is 12.6 Å². The van der Waals surface area contributed by atoms with Crippen LogP contribution in [0.2, 0.25) is 0 Å². The van der Waals surface area contributed by atoms with Gasteiger partial charge in [-0.2, -0.15) is 0 Å². The third-order valence-corrected chi connectivity index (χ3v) is 12.8. The van der Waals surface area contributed by atoms with Crippen LogP contribution in [0.3, 0.4) is 0 Å². The van der Waals surface area contributed by atoms with Gasteiger partial charge in [0.2, 0.25) is 5.91 Å². The number of allylic oxidation sites excluding steroid dienone is 21. The van der Waals surface area contributed by atoms with Gasteiger partial charge in [-0.05, 0) is 103 Å². The zero-order chi connectivity index (χ0) is 55.3. The normalized spacial score (nSPS) is 25.9. The summed E-state index contributed by atoms with van der Waals surface area (Å²) in [6, 6.07) is -0.958. The molecule has 1 amide bonds. The second-order valence-electron chi connectivity index (χ2n) is 19.3. The molecule has 14 nitrogen and oxygen atoms in total. The van der Waals surface area contributed by atoms with Gasteiger partial charge < -0.3 is 65.1 Å². The van der Waals surface area contributed by atoms with E-state index >= 15 is 0 Å². The van der Waals surface area contributed by atoms with Crippen LogP contribution in [-0.2, 0) is 23.7 Å². The van der Waals surface area contributed by atoms with Gasteiger partial charge in [0, 0.05) is 6.42 Å². The van der Waals surface area contributed by atoms with Crippen LogP contribution in [0.1, 0.15) is 155 Å². The summed E-state index contributed by atoms with van der Waals surface area (Å²) in [5.74, 6) is -0.290. The monoisotopic (exact) mass is 1070 g/mol. The van der Waals surface area contributed by atoms with Gasteiger partial charge in [-0.25, -0.2) is 0 Å². The van der Waals surface area contributed by atoms with Crippen LogP contribution < -0.4 is 5.32 Å². The van der Waals surface area contributed by atoms with E-state index in [1.807, 2.05) is 6.08 Å². The van der Waals surface area contributed by atoms with Crippen molar-refractivity contribution in [1.82, 2.24) is 5.32 Å². The minimum Gasteiger partial charge on any atom is -0.394 e. The molecule has 2 rings (SSSR count). The molecule has 0 spiro atoms. The summed E-state index contributed by atoms with van der Waals surface area (Å²) in [4.78, 5) is 13.2. The Morgan fingerprint density at radius 1 is 0.487 bits per heavy atom. The number of carbonyl (C=O) groups is 1. The molecule has 0 saturated carbocycles. The van der Waals surface area contributed by atoms with Gasteiger partial charge in [0.25, 0.3) is 0 Å². The third-order valence-electron chi connectivity index (χ3n) is 12.8. The van der Waals surface area contributed by atoms with Crippen LogP contribution >= 0.6 is 0 Å². The van der Waals surface area contributed by atoms with E-state index < -0.39 is 86.8 Å². The fourth-order valence-corrected chi connectivity index (χ4v) is 8.24. The number of amides is 1. The van der Waals surface area contributed by atoms with Crippen molar-refractivity contribution in [2.45, 2.75) is 229 Å². The van der Waals surface area contributed by atoms with Crippen molar-refractivity contribution in [3.05, 3.63) is 134 Å². The molecule has 2 heterocycles. The Morgan fingerprint density at radius 2 is 0.921 bits per heavy atom. The van der Waals surface area contributed by atoms with Crippen molar-refractivity contribution >= 4 is 5.91 Å². The van der Waals surface area contributed by atoms with Crippen molar-refractivity contribution in [1.29, 1.82) is 0 Å². The molecule has 76 heavy (non-hydrogen) atoms. The van der Waals surface area contributed by atoms with Gasteiger partial charge in [0.05, 0.1) is 32.0 Å². The SMILES string of the molecule is CC/C=C\C/C=C\C/C=C\C/C=C\C/C=C\C/C=C\C/C=C\C/C=C\C/C=C\CCCCCC(=O)NC(COC1OC(CO)C(OC2OC(CO)C(O)C(O)C2O)C(O)C1O)C(O)/C=C/CC/C=C/CCCCCCC. The second-order valence-corrected chi connectivity index (χ2v) is 19.3. The summed E-state index contributed by atoms with van der Waals surface area (Å²) in [5.41, 5.74) is 0. The maximum Gasteiger partial charge on any atom is 0.220 e. The molecule has 0 aromatic heterocycles. The van der Waals surface area contributed by atoms with E-state index in [0.29, 0.717) is 12.8 Å². The quantitative estimate of drug-likeness (QED) is 0.0206. The van der Waals surface area contributed by atoms with Crippen LogP contribution in [0.5, 0.6) is 0 Å². The second kappa shape index (κ2) is 46.1. The highest BCUT2D eigenvalue weighted by Gasteiger charge is 2.51. The van der Waals surface area contributed by atoms with Crippen molar-refractivity contribution in [2.24, 2.45) is 0 Å². The molecule has 2 fully saturated rings. The lowest BCUT2D eigenvalue weighted by Crippen LogP contribution is -2.65. The molecule has 9 N–H and O–H groups in total. The first-order valence-electron chi connectivity index (χ1n) is 28.4. The highest BCUT2D eigenvalue weighted by atomic mass is 16.7. The summed E-state index contributed by atoms with van der Waals surface area (Å²) >= 11 is 0. The zero-order valence-corrected chi connectivity index (χ0v) is 45.9. The van der Waals surface area contributed by atoms with Gasteiger partial charge in [-0.1, -0.05) is 180 Å². The summed E-state index contributed by atoms with van der Waals surface area (Å²) in [5, 5.41) is 86.8. The van der Waals surface area contributed by atoms with Gasteiger partial charge >= 0.3 is 0 Å². The fourth-order valence-electron chi connectivity index (χ4n) is 8.24. The Hall–Kier alpha value is -3.87. The first kappa shape index (κ1) is 68.2. The average Bonchev–Trinajstić information content (AvgIpc) is 3.42. The standard InChI is InChI=1S/C62H99NO13/c1-3-5-7-9-11-13-15-16-17-18-19-20-21-22-23-24-25-26-27-28-29-30-31-32-33-34-36-38-40-42-44-46-54(67)63-50(51(66)45-43-41-39-37-35-14-12-10-8-6-4-2)49-73-61-59(72)57(70)60(53(48-65)75-61)76-62-58(71)56(69)55(68)52(47-64)74-62/h5,7,11,13,16-17,19-20,22-23,25-26,28-29,31-32,34-37,43,45,50-53,55-62,64-66,68-72H,3-4,6,8-10,12,14-15,18,21,24,27,30,33,38-42,44,46-49H2,1-2H3,(H,63,67)/b7-5-,13-11-,17-16-,20-19-,23-22-,26-25-,29-28-,32-31-,36-34-,37-35+,45-43+. The smallest absolute Gasteiger partial charge is 0.220 e. The molecular weight excluding hydrogens is 967 g/mol. The van der Waals surface area contributed by atoms with Crippen LogP contribution in [0.25, 0.3) is 0 Å². The number of hydrogen-bond acceptors (Lipinski definition) is 13. The molecule has 2 aliphatic rings. The predicted molar refractivity (Wildman–Crippen MR) is 304 cm³/mol. The van der Waals surface area contributed by atoms with Gasteiger partial charge in [-0.15, -0.1) is 0 Å². The third kappa shape index (κ3) is 31.5. The molecule has 12 unspecified atom stereocenters. The van der Waals surface area contributed by atoms with E-state index in [9.17, 15) is 45.6 Å². The number of nitrogens with one attached hydrogen (secondary N) is 1. The molecule has 0 aliphatic carbocycles. The van der Waals surface area contributed by atoms with E-state index in [0.717, 1.165) is 96.3 Å². The number of ether oxygens (including phenoxy) is 4. The Balaban J connectivity index is 1.75. The number of aliphatic hydroxyl groups is 8. The number of aliphatic hydroxyl groups excluding tert-OH is 8. The minimum absolute atomic E-state index is 0.223. The summed E-state index contributed by atoms with van der Waals surface area (Å²) in [6.45, 7) is 2.57. The Kier molecular flexibility index (Phi) is 41.4. The molecule has 0 aromatic rings. The average molecular weight is 1070 g/mol. The summed E-state index contributed by atoms with van der Waals surface area (Å²) in [6.07, 6.45) is 50.7. The van der Waals surface area contributed by atoms with Crippen molar-refractivity contribution in [3.63, 3.8) is 0 Å². The minimum atomic E-state index is -1.80. The van der Waals surface area contributed by atoms with Gasteiger partial charge in [0.1, 0.15) is 48.8 Å². The van der Waals surface area contributed by atoms with Crippen LogP contribution in [0, 0.1) is 0 Å². The molecule has 0 aromatic carbocycles. The fraction of sp³-hybridized carbons (Fsp3) is 0.629.